The highest BCUT2D eigenvalue weighted by Crippen LogP contribution is 2.59. The van der Waals surface area contributed by atoms with Crippen molar-refractivity contribution in [3.05, 3.63) is 0 Å². The van der Waals surface area contributed by atoms with E-state index >= 15 is 0 Å². The van der Waals surface area contributed by atoms with E-state index in [9.17, 15) is 9.13 Å². The Kier molecular flexibility index (Phi) is 4.71. The van der Waals surface area contributed by atoms with Gasteiger partial charge in [0.15, 0.2) is 0 Å². The molecule has 0 saturated heterocycles. The summed E-state index contributed by atoms with van der Waals surface area (Å²) < 4.78 is 25.7. The van der Waals surface area contributed by atoms with Crippen LogP contribution in [-0.4, -0.2) is 33.4 Å². The molecule has 0 amide bonds. The van der Waals surface area contributed by atoms with Crippen molar-refractivity contribution in [1.29, 1.82) is 0 Å². The fourth-order valence-electron chi connectivity index (χ4n) is 0.450. The Hall–Kier alpha value is 0.220. The van der Waals surface area contributed by atoms with E-state index < -0.39 is 20.7 Å². The average molecular weight is 234 g/mol. The van der Waals surface area contributed by atoms with E-state index in [1.807, 2.05) is 0 Å². The summed E-state index contributed by atoms with van der Waals surface area (Å²) in [5, 5.41) is 0. The number of hydrogen-bond acceptors (Lipinski definition) is 5. The Balaban J connectivity index is 4.46. The van der Waals surface area contributed by atoms with Gasteiger partial charge in [-0.15, -0.1) is 0 Å². The molecule has 0 aliphatic rings. The van der Waals surface area contributed by atoms with E-state index in [1.54, 1.807) is 0 Å². The zero-order valence-electron chi connectivity index (χ0n) is 6.61. The fourth-order valence-corrected chi connectivity index (χ4v) is 2.69. The van der Waals surface area contributed by atoms with Gasteiger partial charge in [-0.25, -0.2) is 0 Å². The van der Waals surface area contributed by atoms with Gasteiger partial charge in [-0.3, -0.25) is 9.13 Å². The number of nitrogens with two attached hydrogens (primary N) is 2. The van der Waals surface area contributed by atoms with Gasteiger partial charge in [-0.05, 0) is 0 Å². The highest BCUT2D eigenvalue weighted by Gasteiger charge is 2.42. The minimum absolute atomic E-state index is 0.0432. The second-order valence-electron chi connectivity index (χ2n) is 2.19. The molecule has 0 aromatic carbocycles. The summed E-state index contributed by atoms with van der Waals surface area (Å²) in [7, 11) is -9.31. The number of hydrogen-bond donors (Lipinski definition) is 5. The summed E-state index contributed by atoms with van der Waals surface area (Å²) >= 11 is 0. The topological polar surface area (TPSA) is 156 Å². The van der Waals surface area contributed by atoms with Crippen molar-refractivity contribution >= 4 is 15.2 Å². The molecule has 0 radical (unpaired) electrons. The van der Waals surface area contributed by atoms with Crippen LogP contribution in [0.3, 0.4) is 0 Å². The molecule has 0 bridgehead atoms. The molecular formula is C3H12N2O6P2. The van der Waals surface area contributed by atoms with E-state index in [4.69, 9.17) is 26.1 Å². The van der Waals surface area contributed by atoms with Crippen LogP contribution in [0.1, 0.15) is 0 Å². The van der Waals surface area contributed by atoms with Crippen LogP contribution in [0.15, 0.2) is 0 Å². The van der Waals surface area contributed by atoms with Gasteiger partial charge < -0.3 is 30.7 Å². The number of rotatable bonds is 5. The molecule has 8 nitrogen and oxygen atoms in total. The zero-order chi connectivity index (χ0) is 10.7. The van der Waals surface area contributed by atoms with E-state index in [0.717, 1.165) is 0 Å². The quantitative estimate of drug-likeness (QED) is 0.362. The Morgan fingerprint density at radius 2 is 1.77 bits per heavy atom. The molecule has 0 aromatic heterocycles. The largest absolute Gasteiger partial charge is 0.357 e. The predicted octanol–water partition coefficient (Wildman–Crippen LogP) is -1.43. The molecule has 0 aliphatic heterocycles. The molecule has 80 valence electrons. The summed E-state index contributed by atoms with van der Waals surface area (Å²) in [5.74, 6) is 0. The molecule has 0 aromatic rings. The van der Waals surface area contributed by atoms with Gasteiger partial charge in [0.25, 0.3) is 0 Å². The van der Waals surface area contributed by atoms with Crippen molar-refractivity contribution < 1.29 is 28.3 Å². The van der Waals surface area contributed by atoms with Crippen molar-refractivity contribution in [1.82, 2.24) is 0 Å². The van der Waals surface area contributed by atoms with Gasteiger partial charge >= 0.3 is 15.2 Å². The van der Waals surface area contributed by atoms with Crippen molar-refractivity contribution in [2.45, 2.75) is 5.52 Å². The van der Waals surface area contributed by atoms with Gasteiger partial charge in [0.1, 0.15) is 0 Å². The molecule has 0 rings (SSSR count). The minimum Gasteiger partial charge on any atom is -0.328 e. The van der Waals surface area contributed by atoms with Crippen molar-refractivity contribution in [3.8, 4) is 0 Å². The minimum atomic E-state index is -4.82. The van der Waals surface area contributed by atoms with Crippen molar-refractivity contribution in [3.63, 3.8) is 0 Å². The van der Waals surface area contributed by atoms with Crippen LogP contribution in [-0.2, 0) is 13.7 Å². The SMILES string of the molecule is NCCOP(=O)(O)C(N)P(=O)(O)O. The summed E-state index contributed by atoms with van der Waals surface area (Å²) in [4.78, 5) is 25.8. The van der Waals surface area contributed by atoms with E-state index in [1.165, 1.54) is 0 Å². The lowest BCUT2D eigenvalue weighted by molar-refractivity contribution is 0.259. The lowest BCUT2D eigenvalue weighted by Crippen LogP contribution is -2.22. The lowest BCUT2D eigenvalue weighted by Gasteiger charge is -2.19. The second-order valence-corrected chi connectivity index (χ2v) is 6.27. The van der Waals surface area contributed by atoms with Gasteiger partial charge in [0.05, 0.1) is 6.61 Å². The first-order chi connectivity index (χ1) is 5.72. The van der Waals surface area contributed by atoms with E-state index in [-0.39, 0.29) is 13.2 Å². The fraction of sp³-hybridized carbons (Fsp3) is 1.00. The third-order valence-electron chi connectivity index (χ3n) is 1.07. The molecule has 0 aliphatic carbocycles. The lowest BCUT2D eigenvalue weighted by atomic mass is 10.8. The maximum Gasteiger partial charge on any atom is 0.357 e. The van der Waals surface area contributed by atoms with Crippen molar-refractivity contribution in [2.75, 3.05) is 13.2 Å². The Labute approximate surface area is 74.6 Å². The van der Waals surface area contributed by atoms with Gasteiger partial charge in [-0.1, -0.05) is 0 Å². The molecule has 2 unspecified atom stereocenters. The van der Waals surface area contributed by atoms with E-state index in [0.29, 0.717) is 0 Å². The third kappa shape index (κ3) is 4.30. The standard InChI is InChI=1S/C3H12N2O6P2/c4-1-2-11-13(9,10)3(5)12(6,7)8/h3H,1-2,4-5H2,(H,9,10)(H2,6,7,8). The first-order valence-corrected chi connectivity index (χ1v) is 6.52. The van der Waals surface area contributed by atoms with Crippen LogP contribution in [0.5, 0.6) is 0 Å². The van der Waals surface area contributed by atoms with Crippen molar-refractivity contribution in [2.24, 2.45) is 11.5 Å². The first kappa shape index (κ1) is 13.2. The molecule has 0 saturated carbocycles. The molecule has 10 heteroatoms. The zero-order valence-corrected chi connectivity index (χ0v) is 8.40. The van der Waals surface area contributed by atoms with Gasteiger partial charge in [0, 0.05) is 6.54 Å². The Bertz CT molecular complexity index is 250. The normalized spacial score (nSPS) is 19.5. The van der Waals surface area contributed by atoms with Crippen LogP contribution < -0.4 is 11.5 Å². The average Bonchev–Trinajstić information content (AvgIpc) is 1.98. The molecule has 0 spiro atoms. The molecule has 0 fully saturated rings. The summed E-state index contributed by atoms with van der Waals surface area (Å²) in [5.41, 5.74) is 7.56. The Morgan fingerprint density at radius 1 is 1.31 bits per heavy atom. The predicted molar refractivity (Wildman–Crippen MR) is 44.9 cm³/mol. The summed E-state index contributed by atoms with van der Waals surface area (Å²) in [6.45, 7) is -0.333. The molecule has 13 heavy (non-hydrogen) atoms. The van der Waals surface area contributed by atoms with Crippen LogP contribution in [0.4, 0.5) is 0 Å². The molecule has 2 atom stereocenters. The monoisotopic (exact) mass is 234 g/mol. The van der Waals surface area contributed by atoms with Crippen LogP contribution in [0.2, 0.25) is 0 Å². The highest BCUT2D eigenvalue weighted by molar-refractivity contribution is 7.71. The molecule has 7 N–H and O–H groups in total. The maximum absolute atomic E-state index is 11.0. The van der Waals surface area contributed by atoms with Gasteiger partial charge in [-0.2, -0.15) is 0 Å². The highest BCUT2D eigenvalue weighted by atomic mass is 31.2. The molecular weight excluding hydrogens is 222 g/mol. The van der Waals surface area contributed by atoms with E-state index in [2.05, 4.69) is 4.52 Å². The van der Waals surface area contributed by atoms with Crippen LogP contribution in [0.25, 0.3) is 0 Å². The molecule has 0 heterocycles. The maximum atomic E-state index is 11.0. The first-order valence-electron chi connectivity index (χ1n) is 3.19. The van der Waals surface area contributed by atoms with Gasteiger partial charge in [0.2, 0.25) is 5.52 Å². The second kappa shape index (κ2) is 4.63. The summed E-state index contributed by atoms with van der Waals surface area (Å²) in [6, 6.07) is 0. The Morgan fingerprint density at radius 3 is 2.08 bits per heavy atom. The van der Waals surface area contributed by atoms with Crippen LogP contribution >= 0.6 is 15.2 Å². The third-order valence-corrected chi connectivity index (χ3v) is 4.76. The van der Waals surface area contributed by atoms with Crippen LogP contribution in [0, 0.1) is 0 Å². The summed E-state index contributed by atoms with van der Waals surface area (Å²) in [6.07, 6.45) is 0. The smallest absolute Gasteiger partial charge is 0.328 e.